The molecule has 2 aromatic rings. The molecule has 25 heavy (non-hydrogen) atoms. The van der Waals surface area contributed by atoms with E-state index in [1.165, 1.54) is 6.26 Å². The SMILES string of the molecule is CC(C)[C@H](NC(=O)c1ccco1)C(=O)NC[C@@H](c1ccco1)N(C)C. The predicted molar refractivity (Wildman–Crippen MR) is 92.9 cm³/mol. The van der Waals surface area contributed by atoms with E-state index >= 15 is 0 Å². The number of nitrogens with zero attached hydrogens (tertiary/aromatic N) is 1. The molecule has 0 aliphatic rings. The number of carbonyl (C=O) groups excluding carboxylic acids is 2. The Morgan fingerprint density at radius 1 is 1.12 bits per heavy atom. The van der Waals surface area contributed by atoms with Gasteiger partial charge in [-0.25, -0.2) is 0 Å². The van der Waals surface area contributed by atoms with E-state index in [9.17, 15) is 9.59 Å². The summed E-state index contributed by atoms with van der Waals surface area (Å²) >= 11 is 0. The highest BCUT2D eigenvalue weighted by Gasteiger charge is 2.27. The number of likely N-dealkylation sites (N-methyl/N-ethyl adjacent to an activating group) is 1. The molecule has 7 nitrogen and oxygen atoms in total. The molecule has 0 saturated carbocycles. The van der Waals surface area contributed by atoms with E-state index < -0.39 is 11.9 Å². The van der Waals surface area contributed by atoms with E-state index in [4.69, 9.17) is 8.83 Å². The van der Waals surface area contributed by atoms with E-state index in [2.05, 4.69) is 10.6 Å². The van der Waals surface area contributed by atoms with E-state index in [0.29, 0.717) is 6.54 Å². The summed E-state index contributed by atoms with van der Waals surface area (Å²) in [4.78, 5) is 26.7. The first-order valence-electron chi connectivity index (χ1n) is 8.22. The van der Waals surface area contributed by atoms with Gasteiger partial charge in [-0.2, -0.15) is 0 Å². The average Bonchev–Trinajstić information content (AvgIpc) is 3.25. The van der Waals surface area contributed by atoms with Crippen molar-refractivity contribution in [3.8, 4) is 0 Å². The summed E-state index contributed by atoms with van der Waals surface area (Å²) < 4.78 is 10.5. The van der Waals surface area contributed by atoms with Crippen LogP contribution in [0.25, 0.3) is 0 Å². The van der Waals surface area contributed by atoms with Crippen molar-refractivity contribution in [1.82, 2.24) is 15.5 Å². The van der Waals surface area contributed by atoms with Crippen LogP contribution < -0.4 is 10.6 Å². The van der Waals surface area contributed by atoms with Gasteiger partial charge in [-0.3, -0.25) is 14.5 Å². The molecule has 0 spiro atoms. The molecule has 2 aromatic heterocycles. The summed E-state index contributed by atoms with van der Waals surface area (Å²) in [5, 5.41) is 5.62. The Hall–Kier alpha value is -2.54. The zero-order valence-electron chi connectivity index (χ0n) is 15.0. The van der Waals surface area contributed by atoms with Gasteiger partial charge in [-0.15, -0.1) is 0 Å². The number of amides is 2. The molecule has 2 rings (SSSR count). The lowest BCUT2D eigenvalue weighted by Gasteiger charge is -2.25. The maximum atomic E-state index is 12.6. The van der Waals surface area contributed by atoms with Crippen molar-refractivity contribution in [2.75, 3.05) is 20.6 Å². The first-order valence-corrected chi connectivity index (χ1v) is 8.22. The van der Waals surface area contributed by atoms with Gasteiger partial charge in [0.1, 0.15) is 11.8 Å². The molecule has 0 aromatic carbocycles. The predicted octanol–water partition coefficient (Wildman–Crippen LogP) is 2.05. The Labute approximate surface area is 147 Å². The Morgan fingerprint density at radius 2 is 1.80 bits per heavy atom. The third kappa shape index (κ3) is 4.96. The third-order valence-corrected chi connectivity index (χ3v) is 3.95. The topological polar surface area (TPSA) is 87.7 Å². The van der Waals surface area contributed by atoms with Gasteiger partial charge in [0.2, 0.25) is 5.91 Å². The molecule has 2 atom stereocenters. The molecule has 0 aliphatic carbocycles. The largest absolute Gasteiger partial charge is 0.468 e. The Balaban J connectivity index is 1.99. The molecule has 0 aliphatic heterocycles. The van der Waals surface area contributed by atoms with Crippen LogP contribution in [-0.2, 0) is 4.79 Å². The minimum atomic E-state index is -0.656. The van der Waals surface area contributed by atoms with Crippen molar-refractivity contribution >= 4 is 11.8 Å². The number of rotatable bonds is 8. The van der Waals surface area contributed by atoms with Crippen LogP contribution in [0.3, 0.4) is 0 Å². The minimum Gasteiger partial charge on any atom is -0.468 e. The van der Waals surface area contributed by atoms with Gasteiger partial charge in [-0.1, -0.05) is 13.8 Å². The molecule has 0 fully saturated rings. The Morgan fingerprint density at radius 3 is 2.32 bits per heavy atom. The van der Waals surface area contributed by atoms with Crippen LogP contribution in [-0.4, -0.2) is 43.4 Å². The zero-order valence-corrected chi connectivity index (χ0v) is 15.0. The van der Waals surface area contributed by atoms with Gasteiger partial charge in [0, 0.05) is 6.54 Å². The summed E-state index contributed by atoms with van der Waals surface area (Å²) in [6.07, 6.45) is 3.03. The van der Waals surface area contributed by atoms with Crippen LogP contribution in [0.1, 0.15) is 36.2 Å². The van der Waals surface area contributed by atoms with Crippen molar-refractivity contribution in [3.63, 3.8) is 0 Å². The molecule has 2 heterocycles. The fourth-order valence-electron chi connectivity index (χ4n) is 2.48. The first kappa shape index (κ1) is 18.8. The molecular weight excluding hydrogens is 322 g/mol. The van der Waals surface area contributed by atoms with Crippen molar-refractivity contribution in [1.29, 1.82) is 0 Å². The number of hydrogen-bond donors (Lipinski definition) is 2. The van der Waals surface area contributed by atoms with Crippen molar-refractivity contribution in [2.24, 2.45) is 5.92 Å². The molecule has 0 radical (unpaired) electrons. The first-order chi connectivity index (χ1) is 11.9. The molecule has 0 unspecified atom stereocenters. The van der Waals surface area contributed by atoms with E-state index in [-0.39, 0.29) is 23.6 Å². The van der Waals surface area contributed by atoms with Crippen LogP contribution in [0.15, 0.2) is 45.6 Å². The number of hydrogen-bond acceptors (Lipinski definition) is 5. The second-order valence-electron chi connectivity index (χ2n) is 6.41. The summed E-state index contributed by atoms with van der Waals surface area (Å²) in [6.45, 7) is 4.13. The monoisotopic (exact) mass is 347 g/mol. The van der Waals surface area contributed by atoms with Gasteiger partial charge in [0.25, 0.3) is 5.91 Å². The maximum absolute atomic E-state index is 12.6. The average molecular weight is 347 g/mol. The van der Waals surface area contributed by atoms with Gasteiger partial charge in [0.05, 0.1) is 18.6 Å². The van der Waals surface area contributed by atoms with E-state index in [1.807, 2.05) is 45.0 Å². The normalized spacial score (nSPS) is 13.7. The Kier molecular flexibility index (Phi) is 6.41. The van der Waals surface area contributed by atoms with Crippen LogP contribution in [0.2, 0.25) is 0 Å². The highest BCUT2D eigenvalue weighted by atomic mass is 16.3. The fourth-order valence-corrected chi connectivity index (χ4v) is 2.48. The van der Waals surface area contributed by atoms with Crippen molar-refractivity contribution in [2.45, 2.75) is 25.9 Å². The zero-order chi connectivity index (χ0) is 18.4. The lowest BCUT2D eigenvalue weighted by Crippen LogP contribution is -2.50. The minimum absolute atomic E-state index is 0.0691. The smallest absolute Gasteiger partial charge is 0.287 e. The standard InChI is InChI=1S/C18H25N3O4/c1-12(2)16(20-17(22)15-8-6-10-25-15)18(23)19-11-13(21(3)4)14-7-5-9-24-14/h5-10,12-13,16H,11H2,1-4H3,(H,19,23)(H,20,22)/t13-,16-/m0/s1. The number of furan rings is 2. The van der Waals surface area contributed by atoms with Gasteiger partial charge >= 0.3 is 0 Å². The molecule has 0 saturated heterocycles. The number of carbonyl (C=O) groups is 2. The molecule has 2 amide bonds. The fraction of sp³-hybridized carbons (Fsp3) is 0.444. The highest BCUT2D eigenvalue weighted by molar-refractivity contribution is 5.95. The van der Waals surface area contributed by atoms with Crippen molar-refractivity contribution in [3.05, 3.63) is 48.3 Å². The quantitative estimate of drug-likeness (QED) is 0.763. The second kappa shape index (κ2) is 8.53. The summed E-state index contributed by atoms with van der Waals surface area (Å²) in [5.74, 6) is 0.230. The third-order valence-electron chi connectivity index (χ3n) is 3.95. The molecular formula is C18H25N3O4. The van der Waals surface area contributed by atoms with Crippen LogP contribution in [0.5, 0.6) is 0 Å². The van der Waals surface area contributed by atoms with Gasteiger partial charge < -0.3 is 19.5 Å². The number of nitrogens with one attached hydrogen (secondary N) is 2. The van der Waals surface area contributed by atoms with Gasteiger partial charge in [0.15, 0.2) is 5.76 Å². The van der Waals surface area contributed by atoms with Crippen LogP contribution >= 0.6 is 0 Å². The molecule has 0 bridgehead atoms. The van der Waals surface area contributed by atoms with Gasteiger partial charge in [-0.05, 0) is 44.3 Å². The summed E-state index contributed by atoms with van der Waals surface area (Å²) in [7, 11) is 3.83. The van der Waals surface area contributed by atoms with Crippen molar-refractivity contribution < 1.29 is 18.4 Å². The lowest BCUT2D eigenvalue weighted by molar-refractivity contribution is -0.124. The highest BCUT2D eigenvalue weighted by Crippen LogP contribution is 2.17. The summed E-state index contributed by atoms with van der Waals surface area (Å²) in [5.41, 5.74) is 0. The maximum Gasteiger partial charge on any atom is 0.287 e. The molecule has 2 N–H and O–H groups in total. The lowest BCUT2D eigenvalue weighted by atomic mass is 10.0. The van der Waals surface area contributed by atoms with Crippen LogP contribution in [0, 0.1) is 5.92 Å². The van der Waals surface area contributed by atoms with E-state index in [0.717, 1.165) is 5.76 Å². The Bertz CT molecular complexity index is 663. The molecule has 7 heteroatoms. The molecule has 136 valence electrons. The summed E-state index contributed by atoms with van der Waals surface area (Å²) in [6, 6.07) is 6.13. The van der Waals surface area contributed by atoms with Crippen LogP contribution in [0.4, 0.5) is 0 Å². The van der Waals surface area contributed by atoms with E-state index in [1.54, 1.807) is 18.4 Å². The second-order valence-corrected chi connectivity index (χ2v) is 6.41.